The number of imide groups is 1. The Hall–Kier alpha value is -3.61. The molecule has 3 rings (SSSR count). The number of rotatable bonds is 5. The number of benzene rings is 2. The lowest BCUT2D eigenvalue weighted by Crippen LogP contribution is -2.36. The van der Waals surface area contributed by atoms with Gasteiger partial charge in [0.2, 0.25) is 5.91 Å². The topological polar surface area (TPSA) is 117 Å². The van der Waals surface area contributed by atoms with Gasteiger partial charge in [0.05, 0.1) is 34.2 Å². The van der Waals surface area contributed by atoms with Crippen LogP contribution in [0.5, 0.6) is 0 Å². The maximum absolute atomic E-state index is 12.6. The maximum atomic E-state index is 12.6. The molecule has 0 radical (unpaired) electrons. The number of methoxy groups -OCH3 is 1. The summed E-state index contributed by atoms with van der Waals surface area (Å²) in [6, 6.07) is 12.7. The van der Waals surface area contributed by atoms with E-state index in [0.717, 1.165) is 16.7 Å². The number of esters is 1. The highest BCUT2D eigenvalue weighted by atomic mass is 35.5. The summed E-state index contributed by atoms with van der Waals surface area (Å²) >= 11 is 6.67. The predicted molar refractivity (Wildman–Crippen MR) is 115 cm³/mol. The van der Waals surface area contributed by atoms with Gasteiger partial charge >= 0.3 is 5.97 Å². The monoisotopic (exact) mass is 455 g/mol. The normalized spacial score (nSPS) is 14.5. The van der Waals surface area contributed by atoms with Crippen molar-refractivity contribution in [2.24, 2.45) is 0 Å². The Kier molecular flexibility index (Phi) is 6.74. The van der Waals surface area contributed by atoms with Crippen LogP contribution in [-0.2, 0) is 14.3 Å². The molecule has 1 aliphatic rings. The Labute approximate surface area is 186 Å². The van der Waals surface area contributed by atoms with Gasteiger partial charge in [0, 0.05) is 5.69 Å². The van der Waals surface area contributed by atoms with Crippen molar-refractivity contribution in [3.05, 3.63) is 69.1 Å². The highest BCUT2D eigenvalue weighted by molar-refractivity contribution is 8.18. The van der Waals surface area contributed by atoms with E-state index in [1.165, 1.54) is 31.4 Å². The average Bonchev–Trinajstić information content (AvgIpc) is 3.02. The molecule has 0 aliphatic carbocycles. The summed E-state index contributed by atoms with van der Waals surface area (Å²) in [4.78, 5) is 49.9. The molecule has 1 N–H and O–H groups in total. The Morgan fingerprint density at radius 2 is 1.94 bits per heavy atom. The second-order valence-corrected chi connectivity index (χ2v) is 7.64. The number of nitriles is 1. The predicted octanol–water partition coefficient (Wildman–Crippen LogP) is 3.67. The minimum atomic E-state index is -0.667. The molecule has 0 unspecified atom stereocenters. The average molecular weight is 456 g/mol. The number of hydrogen-bond acceptors (Lipinski definition) is 7. The molecular formula is C21H14ClN3O5S. The molecule has 8 nitrogen and oxygen atoms in total. The van der Waals surface area contributed by atoms with Crippen LogP contribution in [0.4, 0.5) is 10.5 Å². The number of hydrogen-bond donors (Lipinski definition) is 1. The fourth-order valence-electron chi connectivity index (χ4n) is 2.66. The van der Waals surface area contributed by atoms with E-state index in [4.69, 9.17) is 16.9 Å². The molecule has 1 aliphatic heterocycles. The molecular weight excluding hydrogens is 442 g/mol. The SMILES string of the molecule is COC(=O)c1cc(NC(=O)CN2C(=O)S/C(=C/c3ccc(C#N)cc3)C2=O)ccc1Cl. The van der Waals surface area contributed by atoms with Crippen LogP contribution in [-0.4, -0.2) is 41.6 Å². The molecule has 0 saturated carbocycles. The molecule has 31 heavy (non-hydrogen) atoms. The number of nitrogens with one attached hydrogen (secondary N) is 1. The van der Waals surface area contributed by atoms with Gasteiger partial charge in [-0.3, -0.25) is 19.3 Å². The van der Waals surface area contributed by atoms with Crippen LogP contribution in [0.15, 0.2) is 47.4 Å². The number of carbonyl (C=O) groups is 4. The van der Waals surface area contributed by atoms with Gasteiger partial charge in [-0.1, -0.05) is 23.7 Å². The minimum absolute atomic E-state index is 0.0680. The Morgan fingerprint density at radius 3 is 2.58 bits per heavy atom. The van der Waals surface area contributed by atoms with Crippen LogP contribution in [0.2, 0.25) is 5.02 Å². The summed E-state index contributed by atoms with van der Waals surface area (Å²) in [6.07, 6.45) is 1.52. The molecule has 1 saturated heterocycles. The van der Waals surface area contributed by atoms with Gasteiger partial charge in [-0.2, -0.15) is 5.26 Å². The van der Waals surface area contributed by atoms with Crippen molar-refractivity contribution in [2.45, 2.75) is 0 Å². The van der Waals surface area contributed by atoms with E-state index in [9.17, 15) is 19.2 Å². The standard InChI is InChI=1S/C21H14ClN3O5S/c1-30-20(28)15-9-14(6-7-16(15)22)24-18(26)11-25-19(27)17(31-21(25)29)8-12-2-4-13(10-23)5-3-12/h2-9H,11H2,1H3,(H,24,26)/b17-8+. The van der Waals surface area contributed by atoms with Crippen molar-refractivity contribution >= 4 is 58.1 Å². The summed E-state index contributed by atoms with van der Waals surface area (Å²) in [5.41, 5.74) is 1.44. The van der Waals surface area contributed by atoms with Crippen molar-refractivity contribution in [1.29, 1.82) is 5.26 Å². The first-order valence-corrected chi connectivity index (χ1v) is 9.95. The fourth-order valence-corrected chi connectivity index (χ4v) is 3.69. The Balaban J connectivity index is 1.70. The first-order valence-electron chi connectivity index (χ1n) is 8.75. The van der Waals surface area contributed by atoms with Crippen LogP contribution >= 0.6 is 23.4 Å². The van der Waals surface area contributed by atoms with Gasteiger partial charge in [0.25, 0.3) is 11.1 Å². The molecule has 0 bridgehead atoms. The molecule has 156 valence electrons. The van der Waals surface area contributed by atoms with E-state index >= 15 is 0 Å². The van der Waals surface area contributed by atoms with E-state index in [2.05, 4.69) is 10.1 Å². The highest BCUT2D eigenvalue weighted by Gasteiger charge is 2.36. The molecule has 0 aromatic heterocycles. The molecule has 0 atom stereocenters. The van der Waals surface area contributed by atoms with E-state index in [1.54, 1.807) is 24.3 Å². The van der Waals surface area contributed by atoms with Crippen molar-refractivity contribution in [3.63, 3.8) is 0 Å². The van der Waals surface area contributed by atoms with Crippen LogP contribution < -0.4 is 5.32 Å². The number of ether oxygens (including phenoxy) is 1. The lowest BCUT2D eigenvalue weighted by atomic mass is 10.1. The zero-order chi connectivity index (χ0) is 22.5. The third-order valence-corrected chi connectivity index (χ3v) is 5.41. The first-order chi connectivity index (χ1) is 14.8. The van der Waals surface area contributed by atoms with Gasteiger partial charge in [0.15, 0.2) is 0 Å². The smallest absolute Gasteiger partial charge is 0.339 e. The van der Waals surface area contributed by atoms with Gasteiger partial charge in [-0.25, -0.2) is 4.79 Å². The molecule has 2 aromatic carbocycles. The van der Waals surface area contributed by atoms with E-state index in [-0.39, 0.29) is 21.2 Å². The fraction of sp³-hybridized carbons (Fsp3) is 0.0952. The summed E-state index contributed by atoms with van der Waals surface area (Å²) in [5, 5.41) is 10.9. The lowest BCUT2D eigenvalue weighted by molar-refractivity contribution is -0.127. The third-order valence-electron chi connectivity index (χ3n) is 4.17. The number of carbonyl (C=O) groups excluding carboxylic acids is 4. The number of anilines is 1. The molecule has 1 heterocycles. The second-order valence-electron chi connectivity index (χ2n) is 6.24. The van der Waals surface area contributed by atoms with Crippen LogP contribution in [0.1, 0.15) is 21.5 Å². The summed E-state index contributed by atoms with van der Waals surface area (Å²) in [7, 11) is 1.20. The first kappa shape index (κ1) is 22.1. The van der Waals surface area contributed by atoms with E-state index < -0.39 is 29.6 Å². The summed E-state index contributed by atoms with van der Waals surface area (Å²) < 4.78 is 4.63. The van der Waals surface area contributed by atoms with E-state index in [1.807, 2.05) is 6.07 Å². The van der Waals surface area contributed by atoms with E-state index in [0.29, 0.717) is 11.1 Å². The minimum Gasteiger partial charge on any atom is -0.465 e. The third kappa shape index (κ3) is 5.12. The molecule has 3 amide bonds. The number of thioether (sulfide) groups is 1. The zero-order valence-electron chi connectivity index (χ0n) is 16.0. The number of halogens is 1. The van der Waals surface area contributed by atoms with Gasteiger partial charge in [0.1, 0.15) is 6.54 Å². The lowest BCUT2D eigenvalue weighted by Gasteiger charge is -2.13. The van der Waals surface area contributed by atoms with Gasteiger partial charge < -0.3 is 10.1 Å². The van der Waals surface area contributed by atoms with Gasteiger partial charge in [-0.15, -0.1) is 0 Å². The Bertz CT molecular complexity index is 1150. The molecule has 2 aromatic rings. The largest absolute Gasteiger partial charge is 0.465 e. The summed E-state index contributed by atoms with van der Waals surface area (Å²) in [6.45, 7) is -0.494. The van der Waals surface area contributed by atoms with Crippen LogP contribution in [0, 0.1) is 11.3 Å². The van der Waals surface area contributed by atoms with Crippen molar-refractivity contribution in [2.75, 3.05) is 19.0 Å². The molecule has 10 heteroatoms. The maximum Gasteiger partial charge on any atom is 0.339 e. The quantitative estimate of drug-likeness (QED) is 0.540. The summed E-state index contributed by atoms with van der Waals surface area (Å²) in [5.74, 6) is -1.89. The van der Waals surface area contributed by atoms with Crippen LogP contribution in [0.25, 0.3) is 6.08 Å². The van der Waals surface area contributed by atoms with Crippen molar-refractivity contribution < 1.29 is 23.9 Å². The van der Waals surface area contributed by atoms with Gasteiger partial charge in [-0.05, 0) is 53.7 Å². The Morgan fingerprint density at radius 1 is 1.23 bits per heavy atom. The number of amides is 3. The van der Waals surface area contributed by atoms with Crippen molar-refractivity contribution in [3.8, 4) is 6.07 Å². The number of nitrogens with zero attached hydrogens (tertiary/aromatic N) is 2. The molecule has 1 fully saturated rings. The highest BCUT2D eigenvalue weighted by Crippen LogP contribution is 2.32. The molecule has 0 spiro atoms. The van der Waals surface area contributed by atoms with Crippen molar-refractivity contribution in [1.82, 2.24) is 4.90 Å². The second kappa shape index (κ2) is 9.47. The zero-order valence-corrected chi connectivity index (χ0v) is 17.6. The van der Waals surface area contributed by atoms with Crippen LogP contribution in [0.3, 0.4) is 0 Å².